The van der Waals surface area contributed by atoms with Crippen molar-refractivity contribution in [3.8, 4) is 22.6 Å². The average Bonchev–Trinajstić information content (AvgIpc) is 3.17. The summed E-state index contributed by atoms with van der Waals surface area (Å²) in [7, 11) is 0. The SMILES string of the molecule is CCOCCOc1cc(C)c(-c2cccc(COc3ccc(Cn4oc(=O)[n-]c4=O)cc3)c2)c(C)c1.[Na+]. The molecular weight excluding hydrogens is 483 g/mol. The Morgan fingerprint density at radius 3 is 2.24 bits per heavy atom. The molecule has 0 amide bonds. The van der Waals surface area contributed by atoms with Crippen molar-refractivity contribution in [2.24, 2.45) is 0 Å². The molecule has 0 radical (unpaired) electrons. The Balaban J connectivity index is 0.00000380. The van der Waals surface area contributed by atoms with Gasteiger partial charge in [0.25, 0.3) is 0 Å². The molecule has 1 aromatic heterocycles. The van der Waals surface area contributed by atoms with Crippen LogP contribution >= 0.6 is 0 Å². The second kappa shape index (κ2) is 13.5. The van der Waals surface area contributed by atoms with Crippen LogP contribution in [-0.4, -0.2) is 24.6 Å². The second-order valence-electron chi connectivity index (χ2n) is 8.40. The minimum Gasteiger partial charge on any atom is -0.491 e. The zero-order chi connectivity index (χ0) is 25.5. The van der Waals surface area contributed by atoms with E-state index >= 15 is 0 Å². The second-order valence-corrected chi connectivity index (χ2v) is 8.40. The van der Waals surface area contributed by atoms with Gasteiger partial charge in [-0.1, -0.05) is 30.3 Å². The molecule has 0 aliphatic carbocycles. The van der Waals surface area contributed by atoms with Crippen LogP contribution in [0.3, 0.4) is 0 Å². The van der Waals surface area contributed by atoms with Crippen molar-refractivity contribution in [1.29, 1.82) is 0 Å². The molecule has 4 rings (SSSR count). The topological polar surface area (TPSA) is 94.0 Å². The summed E-state index contributed by atoms with van der Waals surface area (Å²) in [6, 6.07) is 19.7. The fourth-order valence-electron chi connectivity index (χ4n) is 4.05. The first-order valence-electron chi connectivity index (χ1n) is 11.8. The van der Waals surface area contributed by atoms with E-state index in [2.05, 4.69) is 43.1 Å². The van der Waals surface area contributed by atoms with E-state index < -0.39 is 11.4 Å². The molecule has 0 N–H and O–H groups in total. The third-order valence-electron chi connectivity index (χ3n) is 5.67. The molecule has 0 bridgehead atoms. The van der Waals surface area contributed by atoms with Crippen LogP contribution in [0.5, 0.6) is 11.5 Å². The number of benzene rings is 3. The van der Waals surface area contributed by atoms with Crippen LogP contribution in [0, 0.1) is 13.8 Å². The predicted octanol–water partition coefficient (Wildman–Crippen LogP) is 1.09. The number of nitrogens with zero attached hydrogens (tertiary/aromatic N) is 2. The molecule has 8 nitrogen and oxygen atoms in total. The third-order valence-corrected chi connectivity index (χ3v) is 5.67. The van der Waals surface area contributed by atoms with Crippen LogP contribution in [0.15, 0.2) is 74.8 Å². The molecule has 9 heteroatoms. The van der Waals surface area contributed by atoms with Gasteiger partial charge in [-0.05, 0) is 84.5 Å². The first-order chi connectivity index (χ1) is 17.4. The molecule has 0 aliphatic rings. The van der Waals surface area contributed by atoms with Crippen LogP contribution in [0.2, 0.25) is 0 Å². The summed E-state index contributed by atoms with van der Waals surface area (Å²) >= 11 is 0. The normalized spacial score (nSPS) is 10.7. The standard InChI is InChI=1S/C28H30N2O6.Na/c1-4-33-12-13-34-25-14-19(2)26(20(3)15-25)23-7-5-6-22(16-23)18-35-24-10-8-21(9-11-24)17-30-27(31)29-28(32)36-30;/h5-11,14-16H,4,12-13,17-18H2,1-3H3,(H,29,31,32);/q;+1/p-1. The maximum absolute atomic E-state index is 11.5. The van der Waals surface area contributed by atoms with Gasteiger partial charge in [0.2, 0.25) is 0 Å². The molecule has 0 unspecified atom stereocenters. The van der Waals surface area contributed by atoms with Crippen molar-refractivity contribution in [3.63, 3.8) is 0 Å². The molecule has 188 valence electrons. The molecule has 1 heterocycles. The number of ether oxygens (including phenoxy) is 3. The minimum atomic E-state index is -0.894. The van der Waals surface area contributed by atoms with Gasteiger partial charge in [-0.2, -0.15) is 0 Å². The average molecular weight is 513 g/mol. The number of aromatic nitrogens is 2. The summed E-state index contributed by atoms with van der Waals surface area (Å²) in [5.74, 6) is 0.645. The molecule has 0 fully saturated rings. The zero-order valence-electron chi connectivity index (χ0n) is 21.7. The third kappa shape index (κ3) is 7.72. The van der Waals surface area contributed by atoms with Gasteiger partial charge >= 0.3 is 35.3 Å². The van der Waals surface area contributed by atoms with Crippen LogP contribution < -0.4 is 55.5 Å². The van der Waals surface area contributed by atoms with Crippen LogP contribution in [0.1, 0.15) is 29.2 Å². The van der Waals surface area contributed by atoms with Crippen molar-refractivity contribution in [2.75, 3.05) is 19.8 Å². The monoisotopic (exact) mass is 512 g/mol. The van der Waals surface area contributed by atoms with Gasteiger partial charge in [0.15, 0.2) is 5.69 Å². The quantitative estimate of drug-likeness (QED) is 0.219. The van der Waals surface area contributed by atoms with E-state index in [1.807, 2.05) is 43.3 Å². The van der Waals surface area contributed by atoms with Gasteiger partial charge in [0, 0.05) is 13.2 Å². The Morgan fingerprint density at radius 2 is 1.59 bits per heavy atom. The van der Waals surface area contributed by atoms with Crippen LogP contribution in [-0.2, 0) is 17.9 Å². The molecule has 0 saturated heterocycles. The Labute approximate surface area is 237 Å². The molecular formula is C28H29N2NaO6. The molecule has 0 aliphatic heterocycles. The molecule has 4 aromatic rings. The molecule has 3 aromatic carbocycles. The maximum Gasteiger partial charge on any atom is 1.00 e. The van der Waals surface area contributed by atoms with Crippen molar-refractivity contribution in [3.05, 3.63) is 104 Å². The Morgan fingerprint density at radius 1 is 0.865 bits per heavy atom. The van der Waals surface area contributed by atoms with E-state index in [4.69, 9.17) is 18.7 Å². The van der Waals surface area contributed by atoms with Crippen molar-refractivity contribution in [1.82, 2.24) is 9.72 Å². The summed E-state index contributed by atoms with van der Waals surface area (Å²) in [4.78, 5) is 25.8. The summed E-state index contributed by atoms with van der Waals surface area (Å²) in [5.41, 5.74) is 5.73. The van der Waals surface area contributed by atoms with E-state index in [1.165, 1.54) is 5.56 Å². The van der Waals surface area contributed by atoms with Crippen LogP contribution in [0.25, 0.3) is 11.1 Å². The maximum atomic E-state index is 11.5. The van der Waals surface area contributed by atoms with Crippen LogP contribution in [0.4, 0.5) is 0 Å². The van der Waals surface area contributed by atoms with Gasteiger partial charge in [-0.15, -0.1) is 0 Å². The van der Waals surface area contributed by atoms with E-state index in [1.54, 1.807) is 0 Å². The van der Waals surface area contributed by atoms with E-state index in [-0.39, 0.29) is 36.1 Å². The largest absolute Gasteiger partial charge is 1.00 e. The minimum absolute atomic E-state index is 0. The number of hydrogen-bond donors (Lipinski definition) is 0. The molecule has 0 saturated carbocycles. The van der Waals surface area contributed by atoms with Gasteiger partial charge in [0.1, 0.15) is 24.7 Å². The number of rotatable bonds is 11. The summed E-state index contributed by atoms with van der Waals surface area (Å²) in [5, 5.41) is 0. The smallest absolute Gasteiger partial charge is 0.491 e. The van der Waals surface area contributed by atoms with E-state index in [0.717, 1.165) is 38.3 Å². The summed E-state index contributed by atoms with van der Waals surface area (Å²) in [6.45, 7) is 8.47. The molecule has 37 heavy (non-hydrogen) atoms. The Hall–Kier alpha value is -3.04. The van der Waals surface area contributed by atoms with Gasteiger partial charge < -0.3 is 23.7 Å². The summed E-state index contributed by atoms with van der Waals surface area (Å²) in [6.07, 6.45) is 0. The predicted molar refractivity (Wildman–Crippen MR) is 136 cm³/mol. The fraction of sp³-hybridized carbons (Fsp3) is 0.286. The number of hydrogen-bond acceptors (Lipinski definition) is 6. The molecule has 0 spiro atoms. The van der Waals surface area contributed by atoms with Gasteiger partial charge in [0.05, 0.1) is 6.61 Å². The Kier molecular flexibility index (Phi) is 10.4. The first-order valence-corrected chi connectivity index (χ1v) is 11.8. The number of aryl methyl sites for hydroxylation is 2. The van der Waals surface area contributed by atoms with Gasteiger partial charge in [-0.3, -0.25) is 9.53 Å². The van der Waals surface area contributed by atoms with Crippen molar-refractivity contribution < 1.29 is 48.3 Å². The fourth-order valence-corrected chi connectivity index (χ4v) is 4.05. The van der Waals surface area contributed by atoms with E-state index in [0.29, 0.717) is 32.2 Å². The molecule has 0 atom stereocenters. The Bertz CT molecular complexity index is 1400. The first kappa shape index (κ1) is 28.5. The van der Waals surface area contributed by atoms with Crippen molar-refractivity contribution in [2.45, 2.75) is 33.9 Å². The summed E-state index contributed by atoms with van der Waals surface area (Å²) < 4.78 is 22.8. The van der Waals surface area contributed by atoms with E-state index in [9.17, 15) is 9.59 Å². The zero-order valence-corrected chi connectivity index (χ0v) is 23.7. The van der Waals surface area contributed by atoms with Crippen molar-refractivity contribution >= 4 is 0 Å². The van der Waals surface area contributed by atoms with Gasteiger partial charge in [-0.25, -0.2) is 4.79 Å².